The van der Waals surface area contributed by atoms with Crippen molar-refractivity contribution in [3.05, 3.63) is 35.6 Å². The number of likely N-dealkylation sites (tertiary alicyclic amines) is 1. The molecule has 1 N–H and O–H groups in total. The average molecular weight is 330 g/mol. The van der Waals surface area contributed by atoms with Crippen molar-refractivity contribution in [3.8, 4) is 0 Å². The molecule has 128 valence electrons. The third-order valence-electron chi connectivity index (χ3n) is 4.58. The van der Waals surface area contributed by atoms with Gasteiger partial charge in [-0.1, -0.05) is 0 Å². The van der Waals surface area contributed by atoms with Gasteiger partial charge in [0.1, 0.15) is 11.3 Å². The number of nitrogens with one attached hydrogen (secondary N) is 1. The molecule has 1 saturated heterocycles. The SMILES string of the molecule is CNC(=O)C[C@@H]1CN(C(=O)c2ccc3oc(C)cc3c2)C[C@@H]1OC. The number of fused-ring (bicyclic) bond motifs is 1. The minimum atomic E-state index is -0.119. The van der Waals surface area contributed by atoms with E-state index >= 15 is 0 Å². The molecule has 2 amide bonds. The molecule has 0 radical (unpaired) electrons. The number of hydrogen-bond donors (Lipinski definition) is 1. The van der Waals surface area contributed by atoms with Gasteiger partial charge < -0.3 is 19.4 Å². The lowest BCUT2D eigenvalue weighted by molar-refractivity contribution is -0.122. The zero-order valence-electron chi connectivity index (χ0n) is 14.2. The van der Waals surface area contributed by atoms with Crippen LogP contribution in [0.2, 0.25) is 0 Å². The second-order valence-electron chi connectivity index (χ2n) is 6.23. The van der Waals surface area contributed by atoms with Crippen molar-refractivity contribution in [2.24, 2.45) is 5.92 Å². The van der Waals surface area contributed by atoms with E-state index in [1.165, 1.54) is 0 Å². The van der Waals surface area contributed by atoms with Gasteiger partial charge in [0.05, 0.1) is 6.10 Å². The highest BCUT2D eigenvalue weighted by atomic mass is 16.5. The maximum Gasteiger partial charge on any atom is 0.253 e. The van der Waals surface area contributed by atoms with Crippen LogP contribution in [0.1, 0.15) is 22.5 Å². The number of ether oxygens (including phenoxy) is 1. The van der Waals surface area contributed by atoms with Crippen molar-refractivity contribution in [3.63, 3.8) is 0 Å². The van der Waals surface area contributed by atoms with E-state index < -0.39 is 0 Å². The van der Waals surface area contributed by atoms with Gasteiger partial charge >= 0.3 is 0 Å². The number of hydrogen-bond acceptors (Lipinski definition) is 4. The molecule has 1 aliphatic rings. The summed E-state index contributed by atoms with van der Waals surface area (Å²) in [7, 11) is 3.24. The number of nitrogens with zero attached hydrogens (tertiary/aromatic N) is 1. The topological polar surface area (TPSA) is 71.8 Å². The summed E-state index contributed by atoms with van der Waals surface area (Å²) in [5, 5.41) is 3.55. The Morgan fingerprint density at radius 1 is 1.33 bits per heavy atom. The van der Waals surface area contributed by atoms with Crippen LogP contribution in [-0.4, -0.2) is 50.1 Å². The molecule has 6 heteroatoms. The van der Waals surface area contributed by atoms with Gasteiger partial charge in [-0.15, -0.1) is 0 Å². The summed E-state index contributed by atoms with van der Waals surface area (Å²) in [6.45, 7) is 2.90. The number of carbonyl (C=O) groups is 2. The minimum absolute atomic E-state index is 0.0128. The highest BCUT2D eigenvalue weighted by molar-refractivity contribution is 5.98. The van der Waals surface area contributed by atoms with Gasteiger partial charge in [-0.05, 0) is 31.2 Å². The Balaban J connectivity index is 1.77. The van der Waals surface area contributed by atoms with E-state index in [4.69, 9.17) is 9.15 Å². The molecular weight excluding hydrogens is 308 g/mol. The molecule has 24 heavy (non-hydrogen) atoms. The average Bonchev–Trinajstić information content (AvgIpc) is 3.15. The van der Waals surface area contributed by atoms with Crippen LogP contribution in [0.25, 0.3) is 11.0 Å². The Bertz CT molecular complexity index is 767. The van der Waals surface area contributed by atoms with Crippen LogP contribution in [0.15, 0.2) is 28.7 Å². The fourth-order valence-electron chi connectivity index (χ4n) is 3.30. The van der Waals surface area contributed by atoms with E-state index in [1.807, 2.05) is 25.1 Å². The second kappa shape index (κ2) is 6.65. The highest BCUT2D eigenvalue weighted by Gasteiger charge is 2.36. The second-order valence-corrected chi connectivity index (χ2v) is 6.23. The number of methoxy groups -OCH3 is 1. The molecule has 0 bridgehead atoms. The van der Waals surface area contributed by atoms with E-state index in [1.54, 1.807) is 25.1 Å². The summed E-state index contributed by atoms with van der Waals surface area (Å²) in [4.78, 5) is 26.2. The Kier molecular flexibility index (Phi) is 4.57. The van der Waals surface area contributed by atoms with E-state index in [9.17, 15) is 9.59 Å². The molecule has 2 atom stereocenters. The van der Waals surface area contributed by atoms with Gasteiger partial charge in [0, 0.05) is 50.5 Å². The Morgan fingerprint density at radius 3 is 2.83 bits per heavy atom. The first kappa shape index (κ1) is 16.5. The highest BCUT2D eigenvalue weighted by Crippen LogP contribution is 2.26. The normalized spacial score (nSPS) is 20.5. The van der Waals surface area contributed by atoms with Gasteiger partial charge in [-0.3, -0.25) is 9.59 Å². The number of carbonyl (C=O) groups excluding carboxylic acids is 2. The van der Waals surface area contributed by atoms with Crippen LogP contribution in [0.3, 0.4) is 0 Å². The predicted molar refractivity (Wildman–Crippen MR) is 89.8 cm³/mol. The lowest BCUT2D eigenvalue weighted by Crippen LogP contribution is -2.29. The maximum absolute atomic E-state index is 12.8. The first-order valence-corrected chi connectivity index (χ1v) is 8.04. The van der Waals surface area contributed by atoms with Crippen LogP contribution < -0.4 is 5.32 Å². The number of rotatable bonds is 4. The molecule has 6 nitrogen and oxygen atoms in total. The summed E-state index contributed by atoms with van der Waals surface area (Å²) in [5.41, 5.74) is 1.40. The third-order valence-corrected chi connectivity index (χ3v) is 4.58. The van der Waals surface area contributed by atoms with Crippen molar-refractivity contribution in [2.45, 2.75) is 19.4 Å². The van der Waals surface area contributed by atoms with Crippen molar-refractivity contribution >= 4 is 22.8 Å². The molecule has 2 aromatic rings. The van der Waals surface area contributed by atoms with E-state index in [0.717, 1.165) is 16.7 Å². The molecular formula is C18H22N2O4. The number of amides is 2. The maximum atomic E-state index is 12.8. The van der Waals surface area contributed by atoms with Gasteiger partial charge in [0.15, 0.2) is 0 Å². The zero-order chi connectivity index (χ0) is 17.3. The summed E-state index contributed by atoms with van der Waals surface area (Å²) >= 11 is 0. The van der Waals surface area contributed by atoms with Crippen LogP contribution in [0.4, 0.5) is 0 Å². The van der Waals surface area contributed by atoms with Gasteiger partial charge in [0.2, 0.25) is 5.91 Å². The lowest BCUT2D eigenvalue weighted by Gasteiger charge is -2.16. The molecule has 1 aromatic heterocycles. The minimum Gasteiger partial charge on any atom is -0.461 e. The van der Waals surface area contributed by atoms with Crippen LogP contribution in [0, 0.1) is 12.8 Å². The summed E-state index contributed by atoms with van der Waals surface area (Å²) in [6, 6.07) is 7.37. The largest absolute Gasteiger partial charge is 0.461 e. The molecule has 2 heterocycles. The van der Waals surface area contributed by atoms with E-state index in [-0.39, 0.29) is 23.8 Å². The van der Waals surface area contributed by atoms with Gasteiger partial charge in [0.25, 0.3) is 5.91 Å². The predicted octanol–water partition coefficient (Wildman–Crippen LogP) is 1.96. The lowest BCUT2D eigenvalue weighted by atomic mass is 10.0. The van der Waals surface area contributed by atoms with E-state index in [2.05, 4.69) is 5.32 Å². The molecule has 1 aliphatic heterocycles. The number of aryl methyl sites for hydroxylation is 1. The molecule has 1 aromatic carbocycles. The molecule has 0 spiro atoms. The standard InChI is InChI=1S/C18H22N2O4/c1-11-6-13-7-12(4-5-15(13)24-11)18(22)20-9-14(8-17(21)19-2)16(10-20)23-3/h4-7,14,16H,8-10H2,1-3H3,(H,19,21)/t14-,16+/m1/s1. The quantitative estimate of drug-likeness (QED) is 0.930. The molecule has 3 rings (SSSR count). The zero-order valence-corrected chi connectivity index (χ0v) is 14.2. The van der Waals surface area contributed by atoms with Crippen molar-refractivity contribution in [1.29, 1.82) is 0 Å². The van der Waals surface area contributed by atoms with E-state index in [0.29, 0.717) is 25.1 Å². The van der Waals surface area contributed by atoms with Crippen molar-refractivity contribution < 1.29 is 18.7 Å². The van der Waals surface area contributed by atoms with Crippen molar-refractivity contribution in [2.75, 3.05) is 27.2 Å². The van der Waals surface area contributed by atoms with Crippen LogP contribution in [0.5, 0.6) is 0 Å². The molecule has 0 aliphatic carbocycles. The molecule has 1 fully saturated rings. The van der Waals surface area contributed by atoms with Gasteiger partial charge in [-0.2, -0.15) is 0 Å². The summed E-state index contributed by atoms with van der Waals surface area (Å²) in [6.07, 6.45) is 0.241. The van der Waals surface area contributed by atoms with Crippen LogP contribution in [-0.2, 0) is 9.53 Å². The Hall–Kier alpha value is -2.34. The van der Waals surface area contributed by atoms with Crippen LogP contribution >= 0.6 is 0 Å². The monoisotopic (exact) mass is 330 g/mol. The number of furan rings is 1. The first-order chi connectivity index (χ1) is 11.5. The fourth-order valence-corrected chi connectivity index (χ4v) is 3.30. The smallest absolute Gasteiger partial charge is 0.253 e. The fraction of sp³-hybridized carbons (Fsp3) is 0.444. The third kappa shape index (κ3) is 3.14. The molecule has 0 unspecified atom stereocenters. The summed E-state index contributed by atoms with van der Waals surface area (Å²) in [5.74, 6) is 0.753. The summed E-state index contributed by atoms with van der Waals surface area (Å²) < 4.78 is 11.0. The molecule has 0 saturated carbocycles. The number of benzene rings is 1. The Labute approximate surface area is 140 Å². The first-order valence-electron chi connectivity index (χ1n) is 8.04. The Morgan fingerprint density at radius 2 is 2.12 bits per heavy atom. The van der Waals surface area contributed by atoms with Gasteiger partial charge in [-0.25, -0.2) is 0 Å². The van der Waals surface area contributed by atoms with Crippen molar-refractivity contribution in [1.82, 2.24) is 10.2 Å².